The van der Waals surface area contributed by atoms with Crippen LogP contribution in [0.1, 0.15) is 32.3 Å². The Balaban J connectivity index is 2.18. The minimum absolute atomic E-state index is 0.0470. The number of carbonyl (C=O) groups is 3. The minimum Gasteiger partial charge on any atom is -0.469 e. The van der Waals surface area contributed by atoms with E-state index in [9.17, 15) is 14.4 Å². The van der Waals surface area contributed by atoms with E-state index in [0.29, 0.717) is 6.61 Å². The molecule has 1 aromatic carbocycles. The molecule has 29 heavy (non-hydrogen) atoms. The van der Waals surface area contributed by atoms with E-state index in [1.807, 2.05) is 30.3 Å². The zero-order chi connectivity index (χ0) is 21.4. The summed E-state index contributed by atoms with van der Waals surface area (Å²) in [6, 6.07) is 9.65. The van der Waals surface area contributed by atoms with Gasteiger partial charge in [0.1, 0.15) is 0 Å². The molecule has 2 atom stereocenters. The fraction of sp³-hybridized carbons (Fsp3) is 0.500. The van der Waals surface area contributed by atoms with Crippen LogP contribution in [-0.2, 0) is 39.9 Å². The Bertz CT molecular complexity index is 752. The van der Waals surface area contributed by atoms with Gasteiger partial charge in [-0.15, -0.1) is 0 Å². The Hall–Kier alpha value is -2.51. The van der Waals surface area contributed by atoms with Crippen LogP contribution in [0.25, 0.3) is 0 Å². The van der Waals surface area contributed by atoms with Crippen molar-refractivity contribution in [3.63, 3.8) is 0 Å². The number of ketones is 1. The number of methoxy groups -OCH3 is 2. The van der Waals surface area contributed by atoms with Crippen LogP contribution in [0.3, 0.4) is 0 Å². The van der Waals surface area contributed by atoms with E-state index in [2.05, 4.69) is 4.74 Å². The van der Waals surface area contributed by atoms with Crippen molar-refractivity contribution in [2.75, 3.05) is 20.8 Å². The molecule has 158 valence electrons. The zero-order valence-corrected chi connectivity index (χ0v) is 17.3. The molecule has 7 heteroatoms. The summed E-state index contributed by atoms with van der Waals surface area (Å²) in [5.41, 5.74) is 0.251. The van der Waals surface area contributed by atoms with Crippen LogP contribution in [0.15, 0.2) is 42.0 Å². The van der Waals surface area contributed by atoms with Gasteiger partial charge in [-0.3, -0.25) is 9.59 Å². The van der Waals surface area contributed by atoms with Gasteiger partial charge in [-0.1, -0.05) is 30.3 Å². The van der Waals surface area contributed by atoms with Crippen molar-refractivity contribution in [3.05, 3.63) is 47.5 Å². The molecular weight excluding hydrogens is 376 g/mol. The molecule has 7 nitrogen and oxygen atoms in total. The normalized spacial score (nSPS) is 21.5. The molecule has 0 amide bonds. The number of hydrogen-bond donors (Lipinski definition) is 0. The summed E-state index contributed by atoms with van der Waals surface area (Å²) in [7, 11) is 2.55. The second-order valence-corrected chi connectivity index (χ2v) is 7.48. The van der Waals surface area contributed by atoms with Gasteiger partial charge in [-0.2, -0.15) is 0 Å². The Morgan fingerprint density at radius 2 is 1.83 bits per heavy atom. The third kappa shape index (κ3) is 6.24. The first-order chi connectivity index (χ1) is 13.8. The lowest BCUT2D eigenvalue weighted by Gasteiger charge is -2.32. The quantitative estimate of drug-likeness (QED) is 0.510. The molecule has 2 rings (SSSR count). The number of esters is 2. The lowest BCUT2D eigenvalue weighted by Crippen LogP contribution is -2.42. The highest BCUT2D eigenvalue weighted by Crippen LogP contribution is 2.34. The summed E-state index contributed by atoms with van der Waals surface area (Å²) >= 11 is 0. The number of hydrogen-bond acceptors (Lipinski definition) is 7. The Labute approximate surface area is 171 Å². The molecule has 1 aromatic rings. The van der Waals surface area contributed by atoms with E-state index >= 15 is 0 Å². The second-order valence-electron chi connectivity index (χ2n) is 7.48. The maximum atomic E-state index is 12.7. The van der Waals surface area contributed by atoms with E-state index in [1.54, 1.807) is 13.8 Å². The molecule has 0 bridgehead atoms. The van der Waals surface area contributed by atoms with Crippen LogP contribution in [0.2, 0.25) is 0 Å². The summed E-state index contributed by atoms with van der Waals surface area (Å²) in [6.07, 6.45) is 0.0990. The minimum atomic E-state index is -1.02. The van der Waals surface area contributed by atoms with Gasteiger partial charge in [0.15, 0.2) is 5.78 Å². The molecule has 1 heterocycles. The number of carbonyl (C=O) groups excluding carboxylic acids is 3. The highest BCUT2D eigenvalue weighted by atomic mass is 16.6. The van der Waals surface area contributed by atoms with Crippen molar-refractivity contribution in [1.29, 1.82) is 0 Å². The molecule has 0 radical (unpaired) electrons. The van der Waals surface area contributed by atoms with Crippen molar-refractivity contribution in [3.8, 4) is 0 Å². The first-order valence-corrected chi connectivity index (χ1v) is 9.45. The molecule has 1 saturated heterocycles. The summed E-state index contributed by atoms with van der Waals surface area (Å²) in [5, 5.41) is 0. The van der Waals surface area contributed by atoms with Crippen LogP contribution >= 0.6 is 0 Å². The van der Waals surface area contributed by atoms with Crippen LogP contribution < -0.4 is 0 Å². The fourth-order valence-corrected chi connectivity index (χ4v) is 3.12. The largest absolute Gasteiger partial charge is 0.469 e. The van der Waals surface area contributed by atoms with E-state index < -0.39 is 29.6 Å². The molecule has 1 fully saturated rings. The van der Waals surface area contributed by atoms with Crippen LogP contribution in [0.4, 0.5) is 0 Å². The van der Waals surface area contributed by atoms with Gasteiger partial charge >= 0.3 is 11.9 Å². The third-order valence-electron chi connectivity index (χ3n) is 4.96. The highest BCUT2D eigenvalue weighted by Gasteiger charge is 2.43. The number of ether oxygens (including phenoxy) is 4. The monoisotopic (exact) mass is 404 g/mol. The predicted octanol–water partition coefficient (Wildman–Crippen LogP) is 2.62. The van der Waals surface area contributed by atoms with E-state index in [4.69, 9.17) is 14.2 Å². The maximum absolute atomic E-state index is 12.7. The fourth-order valence-electron chi connectivity index (χ4n) is 3.12. The molecule has 0 unspecified atom stereocenters. The van der Waals surface area contributed by atoms with Gasteiger partial charge in [0, 0.05) is 24.5 Å². The molecule has 0 aromatic heterocycles. The Morgan fingerprint density at radius 1 is 1.14 bits per heavy atom. The van der Waals surface area contributed by atoms with Gasteiger partial charge < -0.3 is 18.9 Å². The maximum Gasteiger partial charge on any atom is 0.330 e. The van der Waals surface area contributed by atoms with Gasteiger partial charge in [0.05, 0.1) is 45.1 Å². The van der Waals surface area contributed by atoms with Gasteiger partial charge in [-0.25, -0.2) is 4.79 Å². The van der Waals surface area contributed by atoms with Crippen molar-refractivity contribution in [2.45, 2.75) is 45.5 Å². The first-order valence-electron chi connectivity index (χ1n) is 9.45. The summed E-state index contributed by atoms with van der Waals surface area (Å²) < 4.78 is 21.4. The standard InChI is InChI=1S/C22H28O7/c1-22(2,21(25)27-4)19-10-16(11-20(24)26-3)18(23)12-17(29-19)14-28-13-15-8-6-5-7-9-15/h5-9,11,17,19H,10,12-14H2,1-4H3/b16-11+/t17-,19-/m0/s1. The van der Waals surface area contributed by atoms with Crippen molar-refractivity contribution in [1.82, 2.24) is 0 Å². The predicted molar refractivity (Wildman–Crippen MR) is 105 cm³/mol. The van der Waals surface area contributed by atoms with Crippen LogP contribution in [-0.4, -0.2) is 50.8 Å². The summed E-state index contributed by atoms with van der Waals surface area (Å²) in [6.45, 7) is 3.94. The summed E-state index contributed by atoms with van der Waals surface area (Å²) in [5.74, 6) is -1.31. The first kappa shape index (κ1) is 22.8. The second kappa shape index (κ2) is 10.3. The van der Waals surface area contributed by atoms with Crippen LogP contribution in [0, 0.1) is 5.41 Å². The van der Waals surface area contributed by atoms with Crippen molar-refractivity contribution >= 4 is 17.7 Å². The molecule has 0 N–H and O–H groups in total. The SMILES string of the molecule is COC(=O)/C=C1\C[C@@H](C(C)(C)C(=O)OC)O[C@H](COCc2ccccc2)CC1=O. The van der Waals surface area contributed by atoms with Gasteiger partial charge in [0.25, 0.3) is 0 Å². The van der Waals surface area contributed by atoms with Gasteiger partial charge in [-0.05, 0) is 19.4 Å². The topological polar surface area (TPSA) is 88.1 Å². The number of benzene rings is 1. The van der Waals surface area contributed by atoms with Gasteiger partial charge in [0.2, 0.25) is 0 Å². The molecule has 0 aliphatic carbocycles. The molecule has 0 spiro atoms. The van der Waals surface area contributed by atoms with E-state index in [0.717, 1.165) is 5.56 Å². The third-order valence-corrected chi connectivity index (χ3v) is 4.96. The zero-order valence-electron chi connectivity index (χ0n) is 17.3. The smallest absolute Gasteiger partial charge is 0.330 e. The lowest BCUT2D eigenvalue weighted by molar-refractivity contribution is -0.165. The van der Waals surface area contributed by atoms with Crippen molar-refractivity contribution < 1.29 is 33.3 Å². The van der Waals surface area contributed by atoms with Crippen molar-refractivity contribution in [2.24, 2.45) is 5.41 Å². The Kier molecular flexibility index (Phi) is 8.10. The average molecular weight is 404 g/mol. The lowest BCUT2D eigenvalue weighted by atomic mass is 9.82. The Morgan fingerprint density at radius 3 is 2.45 bits per heavy atom. The van der Waals surface area contributed by atoms with E-state index in [1.165, 1.54) is 20.3 Å². The molecule has 1 aliphatic rings. The average Bonchev–Trinajstić information content (AvgIpc) is 2.87. The summed E-state index contributed by atoms with van der Waals surface area (Å²) in [4.78, 5) is 36.7. The number of Topliss-reactive ketones (excluding diaryl/α,β-unsaturated/α-hetero) is 1. The molecule has 1 aliphatic heterocycles. The highest BCUT2D eigenvalue weighted by molar-refractivity contribution is 6.01. The molecular formula is C22H28O7. The van der Waals surface area contributed by atoms with Crippen LogP contribution in [0.5, 0.6) is 0 Å². The molecule has 0 saturated carbocycles. The number of rotatable bonds is 7. The van der Waals surface area contributed by atoms with E-state index in [-0.39, 0.29) is 30.8 Å².